The van der Waals surface area contributed by atoms with Crippen molar-refractivity contribution in [2.75, 3.05) is 33.3 Å². The quantitative estimate of drug-likeness (QED) is 0.483. The summed E-state index contributed by atoms with van der Waals surface area (Å²) in [6.07, 6.45) is 0. The lowest BCUT2D eigenvalue weighted by atomic mass is 9.89. The summed E-state index contributed by atoms with van der Waals surface area (Å²) in [5.74, 6) is 0.0106. The van der Waals surface area contributed by atoms with Crippen LogP contribution in [0.25, 0.3) is 21.5 Å². The van der Waals surface area contributed by atoms with Gasteiger partial charge < -0.3 is 9.64 Å². The SMILES string of the molecule is CCN(CC)CCN1C(=O)c2c(OC)ccc3cc4ccccc4c(c23)C1=O. The molecule has 0 saturated carbocycles. The van der Waals surface area contributed by atoms with E-state index in [-0.39, 0.29) is 11.8 Å². The highest BCUT2D eigenvalue weighted by Gasteiger charge is 2.36. The van der Waals surface area contributed by atoms with Crippen LogP contribution < -0.4 is 4.74 Å². The molecule has 1 aliphatic heterocycles. The van der Waals surface area contributed by atoms with Crippen molar-refractivity contribution in [1.82, 2.24) is 9.80 Å². The van der Waals surface area contributed by atoms with Crippen molar-refractivity contribution in [3.8, 4) is 5.75 Å². The summed E-state index contributed by atoms with van der Waals surface area (Å²) in [6.45, 7) is 6.94. The first-order chi connectivity index (χ1) is 13.6. The van der Waals surface area contributed by atoms with Crippen LogP contribution in [0.3, 0.4) is 0 Å². The number of methoxy groups -OCH3 is 1. The van der Waals surface area contributed by atoms with Gasteiger partial charge in [-0.25, -0.2) is 0 Å². The zero-order chi connectivity index (χ0) is 19.8. The fourth-order valence-electron chi connectivity index (χ4n) is 4.09. The van der Waals surface area contributed by atoms with Gasteiger partial charge in [0, 0.05) is 18.5 Å². The average molecular weight is 376 g/mol. The number of carbonyl (C=O) groups is 2. The van der Waals surface area contributed by atoms with Crippen LogP contribution in [0.4, 0.5) is 0 Å². The van der Waals surface area contributed by atoms with Gasteiger partial charge in [-0.05, 0) is 41.4 Å². The molecule has 3 aromatic rings. The molecule has 0 fully saturated rings. The van der Waals surface area contributed by atoms with Crippen LogP contribution in [0.5, 0.6) is 5.75 Å². The lowest BCUT2D eigenvalue weighted by Crippen LogP contribution is -2.44. The van der Waals surface area contributed by atoms with Gasteiger partial charge in [0.2, 0.25) is 0 Å². The van der Waals surface area contributed by atoms with Gasteiger partial charge in [-0.15, -0.1) is 0 Å². The van der Waals surface area contributed by atoms with Gasteiger partial charge in [-0.3, -0.25) is 14.5 Å². The summed E-state index contributed by atoms with van der Waals surface area (Å²) in [7, 11) is 1.56. The van der Waals surface area contributed by atoms with Crippen molar-refractivity contribution in [2.24, 2.45) is 0 Å². The number of ether oxygens (including phenoxy) is 1. The molecule has 0 saturated heterocycles. The van der Waals surface area contributed by atoms with E-state index in [1.54, 1.807) is 7.11 Å². The van der Waals surface area contributed by atoms with Gasteiger partial charge in [-0.2, -0.15) is 0 Å². The predicted molar refractivity (Wildman–Crippen MR) is 111 cm³/mol. The van der Waals surface area contributed by atoms with Crippen molar-refractivity contribution >= 4 is 33.4 Å². The van der Waals surface area contributed by atoms with Crippen molar-refractivity contribution in [3.63, 3.8) is 0 Å². The van der Waals surface area contributed by atoms with E-state index in [0.29, 0.717) is 35.4 Å². The molecule has 0 radical (unpaired) electrons. The molecule has 0 N–H and O–H groups in total. The standard InChI is InChI=1S/C23H24N2O3/c1-4-24(5-2)12-13-25-22(26)20-17-9-7-6-8-15(17)14-16-10-11-18(28-3)21(19(16)20)23(25)27/h6-11,14H,4-5,12-13H2,1-3H3. The van der Waals surface area contributed by atoms with E-state index in [9.17, 15) is 9.59 Å². The molecule has 144 valence electrons. The first-order valence-electron chi connectivity index (χ1n) is 9.71. The number of amides is 2. The average Bonchev–Trinajstić information content (AvgIpc) is 2.72. The number of hydrogen-bond acceptors (Lipinski definition) is 4. The van der Waals surface area contributed by atoms with Gasteiger partial charge >= 0.3 is 0 Å². The fraction of sp³-hybridized carbons (Fsp3) is 0.304. The third-order valence-corrected chi connectivity index (χ3v) is 5.66. The van der Waals surface area contributed by atoms with E-state index in [1.807, 2.05) is 42.5 Å². The molecule has 1 heterocycles. The molecule has 3 aromatic carbocycles. The minimum Gasteiger partial charge on any atom is -0.496 e. The molecular weight excluding hydrogens is 352 g/mol. The lowest BCUT2D eigenvalue weighted by molar-refractivity contribution is 0.0594. The number of imide groups is 1. The Hall–Kier alpha value is -2.92. The van der Waals surface area contributed by atoms with E-state index < -0.39 is 0 Å². The van der Waals surface area contributed by atoms with Gasteiger partial charge in [0.15, 0.2) is 0 Å². The molecule has 0 atom stereocenters. The number of benzene rings is 3. The number of hydrogen-bond donors (Lipinski definition) is 0. The van der Waals surface area contributed by atoms with Crippen LogP contribution in [-0.2, 0) is 0 Å². The summed E-state index contributed by atoms with van der Waals surface area (Å²) < 4.78 is 5.50. The number of likely N-dealkylation sites (N-methyl/N-ethyl adjacent to an activating group) is 1. The van der Waals surface area contributed by atoms with E-state index >= 15 is 0 Å². The summed E-state index contributed by atoms with van der Waals surface area (Å²) in [5, 5.41) is 3.45. The molecule has 1 aliphatic rings. The summed E-state index contributed by atoms with van der Waals surface area (Å²) in [5.41, 5.74) is 1.08. The highest BCUT2D eigenvalue weighted by atomic mass is 16.5. The molecule has 0 aromatic heterocycles. The maximum Gasteiger partial charge on any atom is 0.265 e. The second-order valence-electron chi connectivity index (χ2n) is 7.00. The molecule has 5 heteroatoms. The normalized spacial score (nSPS) is 13.8. The molecule has 28 heavy (non-hydrogen) atoms. The number of rotatable bonds is 6. The van der Waals surface area contributed by atoms with Crippen molar-refractivity contribution in [2.45, 2.75) is 13.8 Å². The van der Waals surface area contributed by atoms with Crippen LogP contribution >= 0.6 is 0 Å². The van der Waals surface area contributed by atoms with Crippen LogP contribution in [0, 0.1) is 0 Å². The molecule has 0 unspecified atom stereocenters. The number of nitrogens with zero attached hydrogens (tertiary/aromatic N) is 2. The topological polar surface area (TPSA) is 49.9 Å². The Morgan fingerprint density at radius 1 is 0.929 bits per heavy atom. The monoisotopic (exact) mass is 376 g/mol. The maximum atomic E-state index is 13.5. The van der Waals surface area contributed by atoms with Crippen LogP contribution in [0.1, 0.15) is 34.6 Å². The van der Waals surface area contributed by atoms with E-state index in [0.717, 1.165) is 29.2 Å². The Morgan fingerprint density at radius 3 is 2.36 bits per heavy atom. The molecule has 5 nitrogen and oxygen atoms in total. The molecule has 0 bridgehead atoms. The Morgan fingerprint density at radius 2 is 1.64 bits per heavy atom. The van der Waals surface area contributed by atoms with Gasteiger partial charge in [0.25, 0.3) is 11.8 Å². The van der Waals surface area contributed by atoms with E-state index in [2.05, 4.69) is 18.7 Å². The second kappa shape index (κ2) is 7.24. The van der Waals surface area contributed by atoms with Crippen LogP contribution in [0.2, 0.25) is 0 Å². The first-order valence-corrected chi connectivity index (χ1v) is 9.71. The highest BCUT2D eigenvalue weighted by Crippen LogP contribution is 2.39. The van der Waals surface area contributed by atoms with Crippen LogP contribution in [0.15, 0.2) is 42.5 Å². The fourth-order valence-corrected chi connectivity index (χ4v) is 4.09. The lowest BCUT2D eigenvalue weighted by Gasteiger charge is -2.30. The predicted octanol–water partition coefficient (Wildman–Crippen LogP) is 3.94. The summed E-state index contributed by atoms with van der Waals surface area (Å²) in [4.78, 5) is 30.4. The third kappa shape index (κ3) is 2.74. The minimum absolute atomic E-state index is 0.222. The molecule has 0 spiro atoms. The number of fused-ring (bicyclic) bond motifs is 2. The Kier molecular flexibility index (Phi) is 4.77. The Bertz CT molecular complexity index is 1090. The summed E-state index contributed by atoms with van der Waals surface area (Å²) >= 11 is 0. The minimum atomic E-state index is -0.276. The zero-order valence-corrected chi connectivity index (χ0v) is 16.5. The first kappa shape index (κ1) is 18.4. The van der Waals surface area contributed by atoms with Crippen molar-refractivity contribution in [1.29, 1.82) is 0 Å². The summed E-state index contributed by atoms with van der Waals surface area (Å²) in [6, 6.07) is 13.6. The van der Waals surface area contributed by atoms with E-state index in [1.165, 1.54) is 4.90 Å². The smallest absolute Gasteiger partial charge is 0.265 e. The number of carbonyl (C=O) groups excluding carboxylic acids is 2. The molecule has 2 amide bonds. The molecule has 0 aliphatic carbocycles. The van der Waals surface area contributed by atoms with E-state index in [4.69, 9.17) is 4.74 Å². The largest absolute Gasteiger partial charge is 0.496 e. The van der Waals surface area contributed by atoms with Gasteiger partial charge in [0.1, 0.15) is 5.75 Å². The molecule has 4 rings (SSSR count). The zero-order valence-electron chi connectivity index (χ0n) is 16.5. The Labute approximate surface area is 164 Å². The van der Waals surface area contributed by atoms with Crippen LogP contribution in [-0.4, -0.2) is 54.9 Å². The Balaban J connectivity index is 1.95. The van der Waals surface area contributed by atoms with Gasteiger partial charge in [0.05, 0.1) is 18.2 Å². The highest BCUT2D eigenvalue weighted by molar-refractivity contribution is 6.31. The van der Waals surface area contributed by atoms with Crippen molar-refractivity contribution < 1.29 is 14.3 Å². The molecular formula is C23H24N2O3. The second-order valence-corrected chi connectivity index (χ2v) is 7.00. The van der Waals surface area contributed by atoms with Gasteiger partial charge in [-0.1, -0.05) is 44.2 Å². The van der Waals surface area contributed by atoms with Crippen molar-refractivity contribution in [3.05, 3.63) is 53.6 Å². The maximum absolute atomic E-state index is 13.5. The third-order valence-electron chi connectivity index (χ3n) is 5.66.